The van der Waals surface area contributed by atoms with Gasteiger partial charge in [-0.05, 0) is 65.1 Å². The molecule has 9 heteroatoms. The zero-order valence-electron chi connectivity index (χ0n) is 24.2. The number of aromatic nitrogens is 1. The van der Waals surface area contributed by atoms with Crippen LogP contribution in [0.5, 0.6) is 0 Å². The summed E-state index contributed by atoms with van der Waals surface area (Å²) in [4.78, 5) is 12.5. The highest BCUT2D eigenvalue weighted by Crippen LogP contribution is 2.45. The summed E-state index contributed by atoms with van der Waals surface area (Å²) in [6.07, 6.45) is 1.54. The van der Waals surface area contributed by atoms with E-state index < -0.39 is 16.2 Å². The predicted octanol–water partition coefficient (Wildman–Crippen LogP) is 7.58. The van der Waals surface area contributed by atoms with Gasteiger partial charge < -0.3 is 4.74 Å². The van der Waals surface area contributed by atoms with Gasteiger partial charge in [-0.25, -0.2) is 8.77 Å². The van der Waals surface area contributed by atoms with Crippen molar-refractivity contribution in [3.05, 3.63) is 94.7 Å². The molecule has 7 nitrogen and oxygen atoms in total. The molecule has 1 aliphatic heterocycles. The van der Waals surface area contributed by atoms with Crippen LogP contribution in [-0.2, 0) is 14.9 Å². The molecular formula is C34H31N3O4S2. The van der Waals surface area contributed by atoms with Gasteiger partial charge in [0.2, 0.25) is 0 Å². The minimum Gasteiger partial charge on any atom is -0.465 e. The minimum absolute atomic E-state index is 0.0783. The maximum absolute atomic E-state index is 14.6. The van der Waals surface area contributed by atoms with E-state index in [1.807, 2.05) is 72.1 Å². The number of rotatable bonds is 6. The first-order chi connectivity index (χ1) is 20.6. The normalized spacial score (nSPS) is 15.3. The molecule has 6 rings (SSSR count). The zero-order chi connectivity index (χ0) is 30.4. The fourth-order valence-corrected chi connectivity index (χ4v) is 8.18. The number of hydrogen-bond acceptors (Lipinski definition) is 6. The molecule has 3 aromatic carbocycles. The van der Waals surface area contributed by atoms with Crippen molar-refractivity contribution in [1.82, 2.24) is 8.28 Å². The van der Waals surface area contributed by atoms with E-state index in [9.17, 15) is 18.5 Å². The van der Waals surface area contributed by atoms with E-state index in [0.717, 1.165) is 29.4 Å². The molecule has 218 valence electrons. The second-order valence-electron chi connectivity index (χ2n) is 11.5. The Balaban J connectivity index is 1.60. The number of nitrogens with zero attached hydrogens (tertiary/aromatic N) is 3. The van der Waals surface area contributed by atoms with Crippen molar-refractivity contribution < 1.29 is 17.9 Å². The van der Waals surface area contributed by atoms with Gasteiger partial charge in [-0.3, -0.25) is 0 Å². The lowest BCUT2D eigenvalue weighted by Gasteiger charge is -2.36. The number of ether oxygens (including phenoxy) is 1. The summed E-state index contributed by atoms with van der Waals surface area (Å²) in [6.45, 7) is 5.22. The molecule has 0 N–H and O–H groups in total. The van der Waals surface area contributed by atoms with Crippen molar-refractivity contribution in [3.63, 3.8) is 0 Å². The van der Waals surface area contributed by atoms with Crippen LogP contribution in [0.3, 0.4) is 0 Å². The number of para-hydroxylation sites is 1. The number of carbonyl (C=O) groups excluding carboxylic acids is 1. The Hall–Kier alpha value is -4.23. The molecule has 0 unspecified atom stereocenters. The Bertz CT molecular complexity index is 1990. The number of esters is 1. The highest BCUT2D eigenvalue weighted by Gasteiger charge is 2.36. The van der Waals surface area contributed by atoms with Crippen LogP contribution < -0.4 is 0 Å². The molecule has 3 heterocycles. The number of methoxy groups -OCH3 is 1. The van der Waals surface area contributed by atoms with Crippen LogP contribution in [0.15, 0.2) is 84.2 Å². The van der Waals surface area contributed by atoms with Crippen molar-refractivity contribution in [3.8, 4) is 39.6 Å². The van der Waals surface area contributed by atoms with Crippen LogP contribution >= 0.6 is 11.3 Å². The van der Waals surface area contributed by atoms with E-state index in [4.69, 9.17) is 4.74 Å². The Morgan fingerprint density at radius 3 is 2.33 bits per heavy atom. The molecule has 2 aromatic heterocycles. The third-order valence-corrected chi connectivity index (χ3v) is 11.0. The topological polar surface area (TPSA) is 92.4 Å². The standard InChI is InChI=1S/C34H31N3O4S2/c1-34(2)16-18-36(19-17-34)43(39,40)37-29-10-5-4-9-27(29)31(28-15-20-42-30(28)22-35)32(37)26-8-6-7-25(21-26)23-11-13-24(14-12-23)33(38)41-3/h4-15,20-21H,16-19H2,1-3H3. The maximum atomic E-state index is 14.6. The first-order valence-corrected chi connectivity index (χ1v) is 16.3. The van der Waals surface area contributed by atoms with Crippen molar-refractivity contribution in [2.45, 2.75) is 26.7 Å². The fraction of sp³-hybridized carbons (Fsp3) is 0.235. The molecule has 0 bridgehead atoms. The molecule has 1 fully saturated rings. The minimum atomic E-state index is -3.98. The highest BCUT2D eigenvalue weighted by molar-refractivity contribution is 7.87. The Kier molecular flexibility index (Phi) is 7.46. The number of fused-ring (bicyclic) bond motifs is 1. The average Bonchev–Trinajstić information content (AvgIpc) is 3.63. The van der Waals surface area contributed by atoms with E-state index in [0.29, 0.717) is 51.4 Å². The second-order valence-corrected chi connectivity index (χ2v) is 14.2. The van der Waals surface area contributed by atoms with Gasteiger partial charge in [-0.15, -0.1) is 11.3 Å². The summed E-state index contributed by atoms with van der Waals surface area (Å²) in [5.74, 6) is -0.412. The monoisotopic (exact) mass is 609 g/mol. The molecule has 0 aliphatic carbocycles. The number of nitriles is 1. The van der Waals surface area contributed by atoms with Gasteiger partial charge in [-0.2, -0.15) is 18.0 Å². The zero-order valence-corrected chi connectivity index (χ0v) is 25.8. The summed E-state index contributed by atoms with van der Waals surface area (Å²) < 4.78 is 37.1. The van der Waals surface area contributed by atoms with Gasteiger partial charge in [0.05, 0.1) is 23.9 Å². The van der Waals surface area contributed by atoms with E-state index in [2.05, 4.69) is 19.9 Å². The molecule has 1 aliphatic rings. The van der Waals surface area contributed by atoms with Crippen molar-refractivity contribution in [2.24, 2.45) is 5.41 Å². The van der Waals surface area contributed by atoms with Gasteiger partial charge in [-0.1, -0.05) is 62.4 Å². The summed E-state index contributed by atoms with van der Waals surface area (Å²) in [5.41, 5.74) is 5.48. The molecular weight excluding hydrogens is 579 g/mol. The summed E-state index contributed by atoms with van der Waals surface area (Å²) >= 11 is 1.34. The largest absolute Gasteiger partial charge is 0.465 e. The number of piperidine rings is 1. The van der Waals surface area contributed by atoms with Crippen LogP contribution in [0, 0.1) is 16.7 Å². The van der Waals surface area contributed by atoms with E-state index in [1.165, 1.54) is 22.4 Å². The van der Waals surface area contributed by atoms with Gasteiger partial charge in [0.15, 0.2) is 0 Å². The lowest BCUT2D eigenvalue weighted by atomic mass is 9.83. The lowest BCUT2D eigenvalue weighted by Crippen LogP contribution is -2.43. The average molecular weight is 610 g/mol. The summed E-state index contributed by atoms with van der Waals surface area (Å²) in [7, 11) is -2.64. The van der Waals surface area contributed by atoms with E-state index >= 15 is 0 Å². The van der Waals surface area contributed by atoms with Crippen LogP contribution in [-0.4, -0.2) is 42.9 Å². The predicted molar refractivity (Wildman–Crippen MR) is 171 cm³/mol. The van der Waals surface area contributed by atoms with Crippen LogP contribution in [0.4, 0.5) is 0 Å². The Labute approximate surface area is 255 Å². The lowest BCUT2D eigenvalue weighted by molar-refractivity contribution is 0.0600. The van der Waals surface area contributed by atoms with E-state index in [1.54, 1.807) is 16.4 Å². The van der Waals surface area contributed by atoms with Gasteiger partial charge in [0.25, 0.3) is 0 Å². The van der Waals surface area contributed by atoms with Crippen LogP contribution in [0.1, 0.15) is 41.9 Å². The molecule has 0 atom stereocenters. The van der Waals surface area contributed by atoms with Crippen molar-refractivity contribution in [2.75, 3.05) is 20.2 Å². The summed E-state index contributed by atoms with van der Waals surface area (Å²) in [5, 5.41) is 12.6. The third-order valence-electron chi connectivity index (χ3n) is 8.28. The van der Waals surface area contributed by atoms with E-state index in [-0.39, 0.29) is 5.41 Å². The molecule has 5 aromatic rings. The number of carbonyl (C=O) groups is 1. The van der Waals surface area contributed by atoms with Crippen molar-refractivity contribution >= 4 is 38.4 Å². The molecule has 0 radical (unpaired) electrons. The third kappa shape index (κ3) is 5.16. The first kappa shape index (κ1) is 28.9. The smallest absolute Gasteiger partial charge is 0.337 e. The Morgan fingerprint density at radius 1 is 0.930 bits per heavy atom. The Morgan fingerprint density at radius 2 is 1.63 bits per heavy atom. The fourth-order valence-electron chi connectivity index (χ4n) is 5.78. The number of benzene rings is 3. The van der Waals surface area contributed by atoms with Crippen LogP contribution in [0.2, 0.25) is 0 Å². The van der Waals surface area contributed by atoms with Gasteiger partial charge in [0.1, 0.15) is 10.9 Å². The van der Waals surface area contributed by atoms with Gasteiger partial charge >= 0.3 is 16.2 Å². The number of hydrogen-bond donors (Lipinski definition) is 0. The van der Waals surface area contributed by atoms with Gasteiger partial charge in [0, 0.05) is 35.2 Å². The number of thiophene rings is 1. The molecule has 0 saturated carbocycles. The second kappa shape index (κ2) is 11.1. The first-order valence-electron chi connectivity index (χ1n) is 14.1. The quantitative estimate of drug-likeness (QED) is 0.185. The molecule has 0 amide bonds. The molecule has 43 heavy (non-hydrogen) atoms. The molecule has 1 saturated heterocycles. The highest BCUT2D eigenvalue weighted by atomic mass is 32.2. The SMILES string of the molecule is COC(=O)c1ccc(-c2cccc(-c3c(-c4ccsc4C#N)c4ccccc4n3S(=O)(=O)N3CCC(C)(C)CC3)c2)cc1. The van der Waals surface area contributed by atoms with Crippen LogP contribution in [0.25, 0.3) is 44.4 Å². The summed E-state index contributed by atoms with van der Waals surface area (Å²) in [6, 6.07) is 26.6. The van der Waals surface area contributed by atoms with Crippen molar-refractivity contribution in [1.29, 1.82) is 5.26 Å². The maximum Gasteiger partial charge on any atom is 0.337 e. The molecule has 0 spiro atoms.